The van der Waals surface area contributed by atoms with E-state index < -0.39 is 0 Å². The number of piperazine rings is 1. The molecule has 3 aliphatic rings. The summed E-state index contributed by atoms with van der Waals surface area (Å²) in [5.41, 5.74) is 2.43. The summed E-state index contributed by atoms with van der Waals surface area (Å²) in [6, 6.07) is 12.5. The number of carbonyl (C=O) groups excluding carboxylic acids is 2. The van der Waals surface area contributed by atoms with Crippen LogP contribution in [0.5, 0.6) is 0 Å². The van der Waals surface area contributed by atoms with Crippen molar-refractivity contribution in [3.63, 3.8) is 0 Å². The number of rotatable bonds is 3. The second-order valence-electron chi connectivity index (χ2n) is 8.55. The largest absolute Gasteiger partial charge is 0.378 e. The molecule has 0 spiro atoms. The van der Waals surface area contributed by atoms with Crippen LogP contribution in [0.15, 0.2) is 36.4 Å². The third kappa shape index (κ3) is 4.34. The van der Waals surface area contributed by atoms with Crippen LogP contribution >= 0.6 is 11.3 Å². The molecule has 0 unspecified atom stereocenters. The third-order valence-corrected chi connectivity index (χ3v) is 7.88. The van der Waals surface area contributed by atoms with Crippen LogP contribution in [0.2, 0.25) is 0 Å². The molecule has 2 amide bonds. The van der Waals surface area contributed by atoms with E-state index in [0.717, 1.165) is 50.3 Å². The summed E-state index contributed by atoms with van der Waals surface area (Å²) in [6.45, 7) is 5.88. The van der Waals surface area contributed by atoms with Gasteiger partial charge in [-0.3, -0.25) is 9.59 Å². The van der Waals surface area contributed by atoms with Crippen LogP contribution < -0.4 is 4.90 Å². The number of hydrogen-bond donors (Lipinski definition) is 0. The van der Waals surface area contributed by atoms with Crippen molar-refractivity contribution in [3.8, 4) is 0 Å². The highest BCUT2D eigenvalue weighted by Crippen LogP contribution is 2.34. The van der Waals surface area contributed by atoms with E-state index >= 15 is 0 Å². The van der Waals surface area contributed by atoms with Gasteiger partial charge in [0, 0.05) is 55.8 Å². The lowest BCUT2D eigenvalue weighted by molar-refractivity contribution is -0.136. The van der Waals surface area contributed by atoms with E-state index in [0.29, 0.717) is 26.3 Å². The first-order valence-corrected chi connectivity index (χ1v) is 12.1. The van der Waals surface area contributed by atoms with E-state index in [1.54, 1.807) is 11.3 Å². The number of aryl methyl sites for hydroxylation is 1. The molecule has 31 heavy (non-hydrogen) atoms. The molecule has 0 radical (unpaired) electrons. The molecule has 164 valence electrons. The van der Waals surface area contributed by atoms with Crippen LogP contribution in [0.25, 0.3) is 0 Å². The SMILES string of the molecule is O=C(c1cc2c(s1)CC[C@@H](C(=O)N1CCN(c3ccccc3)CC1)C2)N1CCOCC1. The molecular weight excluding hydrogens is 410 g/mol. The zero-order chi connectivity index (χ0) is 21.2. The highest BCUT2D eigenvalue weighted by molar-refractivity contribution is 7.14. The fraction of sp³-hybridized carbons (Fsp3) is 0.500. The second-order valence-corrected chi connectivity index (χ2v) is 9.69. The highest BCUT2D eigenvalue weighted by atomic mass is 32.1. The molecular formula is C24H29N3O3S. The van der Waals surface area contributed by atoms with E-state index in [9.17, 15) is 9.59 Å². The number of nitrogens with zero attached hydrogens (tertiary/aromatic N) is 3. The molecule has 0 bridgehead atoms. The number of carbonyl (C=O) groups is 2. The molecule has 2 aromatic rings. The number of para-hydroxylation sites is 1. The van der Waals surface area contributed by atoms with Gasteiger partial charge in [-0.15, -0.1) is 11.3 Å². The Morgan fingerprint density at radius 2 is 1.68 bits per heavy atom. The van der Waals surface area contributed by atoms with Crippen molar-refractivity contribution >= 4 is 28.8 Å². The number of ether oxygens (including phenoxy) is 1. The summed E-state index contributed by atoms with van der Waals surface area (Å²) in [7, 11) is 0. The van der Waals surface area contributed by atoms with Gasteiger partial charge in [-0.1, -0.05) is 18.2 Å². The van der Waals surface area contributed by atoms with Crippen molar-refractivity contribution in [2.75, 3.05) is 57.4 Å². The van der Waals surface area contributed by atoms with E-state index in [1.165, 1.54) is 16.1 Å². The number of anilines is 1. The molecule has 0 saturated carbocycles. The van der Waals surface area contributed by atoms with Crippen LogP contribution in [-0.2, 0) is 22.4 Å². The summed E-state index contributed by atoms with van der Waals surface area (Å²) >= 11 is 1.62. The van der Waals surface area contributed by atoms with Crippen LogP contribution in [0.1, 0.15) is 26.5 Å². The number of hydrogen-bond acceptors (Lipinski definition) is 5. The fourth-order valence-corrected chi connectivity index (χ4v) is 6.02. The maximum absolute atomic E-state index is 13.2. The average Bonchev–Trinajstić information content (AvgIpc) is 3.28. The molecule has 7 heteroatoms. The van der Waals surface area contributed by atoms with E-state index in [2.05, 4.69) is 29.2 Å². The zero-order valence-corrected chi connectivity index (χ0v) is 18.6. The first-order valence-electron chi connectivity index (χ1n) is 11.3. The minimum Gasteiger partial charge on any atom is -0.378 e. The molecule has 3 heterocycles. The minimum absolute atomic E-state index is 0.0386. The fourth-order valence-electron chi connectivity index (χ4n) is 4.84. The van der Waals surface area contributed by atoms with Crippen molar-refractivity contribution in [3.05, 3.63) is 51.7 Å². The van der Waals surface area contributed by atoms with Crippen molar-refractivity contribution in [1.29, 1.82) is 0 Å². The molecule has 1 aromatic carbocycles. The van der Waals surface area contributed by atoms with Gasteiger partial charge in [0.05, 0.1) is 18.1 Å². The standard InChI is InChI=1S/C24H29N3O3S/c28-23(26-10-8-25(9-11-26)20-4-2-1-3-5-20)18-6-7-21-19(16-18)17-22(31-21)24(29)27-12-14-30-15-13-27/h1-5,17-18H,6-16H2/t18-/m1/s1. The Balaban J connectivity index is 1.19. The Bertz CT molecular complexity index is 931. The van der Waals surface area contributed by atoms with Crippen molar-refractivity contribution in [2.45, 2.75) is 19.3 Å². The smallest absolute Gasteiger partial charge is 0.264 e. The minimum atomic E-state index is 0.0386. The third-order valence-electron chi connectivity index (χ3n) is 6.65. The normalized spacial score (nSPS) is 21.7. The molecule has 5 rings (SSSR count). The van der Waals surface area contributed by atoms with Gasteiger partial charge in [-0.05, 0) is 43.0 Å². The Hall–Kier alpha value is -2.38. The molecule has 0 N–H and O–H groups in total. The van der Waals surface area contributed by atoms with Crippen molar-refractivity contribution < 1.29 is 14.3 Å². The van der Waals surface area contributed by atoms with Gasteiger partial charge in [-0.25, -0.2) is 0 Å². The zero-order valence-electron chi connectivity index (χ0n) is 17.8. The molecule has 1 atom stereocenters. The van der Waals surface area contributed by atoms with E-state index in [1.807, 2.05) is 21.9 Å². The lowest BCUT2D eigenvalue weighted by atomic mass is 9.87. The number of amides is 2. The lowest BCUT2D eigenvalue weighted by Gasteiger charge is -2.38. The van der Waals surface area contributed by atoms with Crippen molar-refractivity contribution in [1.82, 2.24) is 9.80 Å². The monoisotopic (exact) mass is 439 g/mol. The number of benzene rings is 1. The van der Waals surface area contributed by atoms with E-state index in [-0.39, 0.29) is 17.7 Å². The summed E-state index contributed by atoms with van der Waals surface area (Å²) in [4.78, 5) is 34.4. The molecule has 6 nitrogen and oxygen atoms in total. The summed E-state index contributed by atoms with van der Waals surface area (Å²) < 4.78 is 5.36. The number of morpholine rings is 1. The quantitative estimate of drug-likeness (QED) is 0.738. The predicted octanol–water partition coefficient (Wildman–Crippen LogP) is 2.67. The predicted molar refractivity (Wildman–Crippen MR) is 122 cm³/mol. The molecule has 1 aliphatic carbocycles. The van der Waals surface area contributed by atoms with E-state index in [4.69, 9.17) is 4.74 Å². The van der Waals surface area contributed by atoms with Gasteiger partial charge in [0.1, 0.15) is 0 Å². The molecule has 1 aromatic heterocycles. The van der Waals surface area contributed by atoms with Gasteiger partial charge in [0.15, 0.2) is 0 Å². The van der Waals surface area contributed by atoms with Crippen LogP contribution in [0.3, 0.4) is 0 Å². The van der Waals surface area contributed by atoms with Crippen molar-refractivity contribution in [2.24, 2.45) is 5.92 Å². The molecule has 2 fully saturated rings. The maximum Gasteiger partial charge on any atom is 0.264 e. The topological polar surface area (TPSA) is 53.1 Å². The highest BCUT2D eigenvalue weighted by Gasteiger charge is 2.32. The second kappa shape index (κ2) is 9.01. The summed E-state index contributed by atoms with van der Waals surface area (Å²) in [5.74, 6) is 0.435. The van der Waals surface area contributed by atoms with Crippen LogP contribution in [0.4, 0.5) is 5.69 Å². The average molecular weight is 440 g/mol. The Labute approximate surface area is 187 Å². The maximum atomic E-state index is 13.2. The van der Waals surface area contributed by atoms with Gasteiger partial charge in [0.2, 0.25) is 5.91 Å². The van der Waals surface area contributed by atoms with Crippen LogP contribution in [0, 0.1) is 5.92 Å². The lowest BCUT2D eigenvalue weighted by Crippen LogP contribution is -2.51. The van der Waals surface area contributed by atoms with Gasteiger partial charge in [-0.2, -0.15) is 0 Å². The molecule has 2 aliphatic heterocycles. The van der Waals surface area contributed by atoms with Gasteiger partial charge < -0.3 is 19.4 Å². The summed E-state index contributed by atoms with van der Waals surface area (Å²) in [5, 5.41) is 0. The first kappa shape index (κ1) is 20.5. The first-order chi connectivity index (χ1) is 15.2. The Kier molecular flexibility index (Phi) is 5.96. The van der Waals surface area contributed by atoms with Crippen LogP contribution in [-0.4, -0.2) is 74.1 Å². The van der Waals surface area contributed by atoms with Gasteiger partial charge in [0.25, 0.3) is 5.91 Å². The molecule has 2 saturated heterocycles. The number of thiophene rings is 1. The number of fused-ring (bicyclic) bond motifs is 1. The Morgan fingerprint density at radius 1 is 0.935 bits per heavy atom. The van der Waals surface area contributed by atoms with Gasteiger partial charge >= 0.3 is 0 Å². The summed E-state index contributed by atoms with van der Waals surface area (Å²) in [6.07, 6.45) is 2.55. The Morgan fingerprint density at radius 3 is 2.42 bits per heavy atom.